The number of aliphatic carboxylic acids is 1. The molecule has 1 saturated heterocycles. The summed E-state index contributed by atoms with van der Waals surface area (Å²) in [6, 6.07) is 14.9. The van der Waals surface area contributed by atoms with E-state index in [0.29, 0.717) is 37.2 Å². The van der Waals surface area contributed by atoms with Crippen molar-refractivity contribution < 1.29 is 32.3 Å². The molecule has 192 valence electrons. The molecule has 3 aromatic rings. The molecule has 1 aromatic heterocycles. The lowest BCUT2D eigenvalue weighted by molar-refractivity contribution is -0.192. The fourth-order valence-corrected chi connectivity index (χ4v) is 3.58. The quantitative estimate of drug-likeness (QED) is 0.446. The van der Waals surface area contributed by atoms with Crippen molar-refractivity contribution in [3.05, 3.63) is 65.9 Å². The van der Waals surface area contributed by atoms with Gasteiger partial charge in [0.05, 0.1) is 12.7 Å². The minimum atomic E-state index is -5.08. The Kier molecular flexibility index (Phi) is 8.41. The van der Waals surface area contributed by atoms with Crippen LogP contribution in [0.2, 0.25) is 0 Å². The summed E-state index contributed by atoms with van der Waals surface area (Å²) in [6.07, 6.45) is -2.40. The molecule has 0 saturated carbocycles. The van der Waals surface area contributed by atoms with Gasteiger partial charge in [-0.3, -0.25) is 4.79 Å². The van der Waals surface area contributed by atoms with E-state index in [0.717, 1.165) is 16.8 Å². The molecule has 1 aliphatic heterocycles. The van der Waals surface area contributed by atoms with Crippen LogP contribution in [0.5, 0.6) is 0 Å². The molecule has 36 heavy (non-hydrogen) atoms. The van der Waals surface area contributed by atoms with Crippen LogP contribution in [0.15, 0.2) is 54.7 Å². The minimum absolute atomic E-state index is 0.180. The zero-order valence-electron chi connectivity index (χ0n) is 19.3. The van der Waals surface area contributed by atoms with Gasteiger partial charge in [0.15, 0.2) is 0 Å². The highest BCUT2D eigenvalue weighted by Crippen LogP contribution is 2.26. The minimum Gasteiger partial charge on any atom is -0.475 e. The number of nitrogens with zero attached hydrogens (tertiary/aromatic N) is 3. The molecule has 1 amide bonds. The van der Waals surface area contributed by atoms with Gasteiger partial charge in [-0.25, -0.2) is 13.9 Å². The van der Waals surface area contributed by atoms with Gasteiger partial charge >= 0.3 is 12.1 Å². The molecular weight excluding hydrogens is 482 g/mol. The molecule has 1 aliphatic rings. The number of halogens is 4. The van der Waals surface area contributed by atoms with Crippen LogP contribution in [0, 0.1) is 6.92 Å². The third-order valence-electron chi connectivity index (χ3n) is 5.54. The largest absolute Gasteiger partial charge is 0.490 e. The normalized spacial score (nSPS) is 14.9. The van der Waals surface area contributed by atoms with Crippen molar-refractivity contribution >= 4 is 17.6 Å². The first-order valence-corrected chi connectivity index (χ1v) is 11.0. The van der Waals surface area contributed by atoms with Crippen LogP contribution in [-0.2, 0) is 11.3 Å². The topological polar surface area (TPSA) is 109 Å². The van der Waals surface area contributed by atoms with E-state index in [-0.39, 0.29) is 12.5 Å². The van der Waals surface area contributed by atoms with Crippen LogP contribution in [0.4, 0.5) is 23.2 Å². The van der Waals surface area contributed by atoms with Gasteiger partial charge < -0.3 is 15.7 Å². The van der Waals surface area contributed by atoms with E-state index in [1.807, 2.05) is 49.4 Å². The van der Waals surface area contributed by atoms with Crippen LogP contribution in [0.25, 0.3) is 11.3 Å². The lowest BCUT2D eigenvalue weighted by Crippen LogP contribution is -2.41. The van der Waals surface area contributed by atoms with Crippen LogP contribution in [-0.4, -0.2) is 56.9 Å². The van der Waals surface area contributed by atoms with E-state index >= 15 is 0 Å². The Bertz CT molecular complexity index is 1190. The maximum atomic E-state index is 14.9. The maximum absolute atomic E-state index is 14.9. The number of aryl methyl sites for hydroxylation is 1. The molecule has 1 fully saturated rings. The van der Waals surface area contributed by atoms with Gasteiger partial charge in [-0.2, -0.15) is 13.2 Å². The van der Waals surface area contributed by atoms with E-state index in [2.05, 4.69) is 20.9 Å². The van der Waals surface area contributed by atoms with Crippen molar-refractivity contribution in [1.29, 1.82) is 0 Å². The standard InChI is InChI=1S/C22H24FN5O.C2HF3O2/c1-16-7-8-17(13-19(16)21(29)25-18-5-3-2-4-6-18)20-14-28(27-26-20)15-22(23)9-11-24-12-10-22;3-2(4,5)1(6)7/h2-8,13-14,24H,9-12,15H2,1H3,(H,25,29);(H,6,7). The molecule has 0 spiro atoms. The highest BCUT2D eigenvalue weighted by Gasteiger charge is 2.38. The van der Waals surface area contributed by atoms with Gasteiger partial charge in [0.1, 0.15) is 11.4 Å². The highest BCUT2D eigenvalue weighted by atomic mass is 19.4. The Balaban J connectivity index is 0.000000454. The number of carbonyl (C=O) groups is 2. The Morgan fingerprint density at radius 2 is 1.78 bits per heavy atom. The van der Waals surface area contributed by atoms with Crippen LogP contribution >= 0.6 is 0 Å². The second kappa shape index (κ2) is 11.3. The van der Waals surface area contributed by atoms with Crippen molar-refractivity contribution in [2.24, 2.45) is 0 Å². The van der Waals surface area contributed by atoms with Crippen LogP contribution in [0.1, 0.15) is 28.8 Å². The first-order chi connectivity index (χ1) is 17.0. The lowest BCUT2D eigenvalue weighted by Gasteiger charge is -2.29. The van der Waals surface area contributed by atoms with Gasteiger partial charge in [0.25, 0.3) is 5.91 Å². The number of rotatable bonds is 5. The van der Waals surface area contributed by atoms with Gasteiger partial charge in [-0.05, 0) is 56.6 Å². The number of para-hydroxylation sites is 1. The first kappa shape index (κ1) is 26.8. The summed E-state index contributed by atoms with van der Waals surface area (Å²) < 4.78 is 48.2. The lowest BCUT2D eigenvalue weighted by atomic mass is 9.94. The summed E-state index contributed by atoms with van der Waals surface area (Å²) in [6.45, 7) is 3.44. The molecule has 0 radical (unpaired) electrons. The van der Waals surface area contributed by atoms with Crippen molar-refractivity contribution in [3.63, 3.8) is 0 Å². The summed E-state index contributed by atoms with van der Waals surface area (Å²) in [5.74, 6) is -2.94. The number of nitrogens with one attached hydrogen (secondary N) is 2. The van der Waals surface area contributed by atoms with E-state index in [9.17, 15) is 22.4 Å². The summed E-state index contributed by atoms with van der Waals surface area (Å²) in [5.41, 5.74) is 2.32. The van der Waals surface area contributed by atoms with E-state index < -0.39 is 17.8 Å². The number of hydrogen-bond donors (Lipinski definition) is 3. The first-order valence-electron chi connectivity index (χ1n) is 11.0. The second-order valence-corrected chi connectivity index (χ2v) is 8.36. The number of piperidine rings is 1. The van der Waals surface area contributed by atoms with Gasteiger partial charge in [-0.15, -0.1) is 5.10 Å². The van der Waals surface area contributed by atoms with Gasteiger partial charge in [-0.1, -0.05) is 35.5 Å². The average Bonchev–Trinajstić information content (AvgIpc) is 3.28. The fraction of sp³-hybridized carbons (Fsp3) is 0.333. The summed E-state index contributed by atoms with van der Waals surface area (Å²) in [5, 5.41) is 21.5. The maximum Gasteiger partial charge on any atom is 0.490 e. The van der Waals surface area contributed by atoms with E-state index in [1.54, 1.807) is 16.9 Å². The predicted octanol–water partition coefficient (Wildman–Crippen LogP) is 4.23. The zero-order valence-corrected chi connectivity index (χ0v) is 19.3. The van der Waals surface area contributed by atoms with Crippen molar-refractivity contribution in [1.82, 2.24) is 20.3 Å². The highest BCUT2D eigenvalue weighted by molar-refractivity contribution is 6.05. The second-order valence-electron chi connectivity index (χ2n) is 8.36. The Morgan fingerprint density at radius 3 is 2.39 bits per heavy atom. The Labute approximate surface area is 204 Å². The molecular formula is C24H25F4N5O3. The Hall–Kier alpha value is -3.80. The number of benzene rings is 2. The van der Waals surface area contributed by atoms with Gasteiger partial charge in [0.2, 0.25) is 0 Å². The van der Waals surface area contributed by atoms with Crippen molar-refractivity contribution in [2.75, 3.05) is 18.4 Å². The Morgan fingerprint density at radius 1 is 1.14 bits per heavy atom. The van der Waals surface area contributed by atoms with Gasteiger partial charge in [0, 0.05) is 16.8 Å². The van der Waals surface area contributed by atoms with E-state index in [1.165, 1.54) is 0 Å². The molecule has 4 rings (SSSR count). The molecule has 3 N–H and O–H groups in total. The summed E-state index contributed by atoms with van der Waals surface area (Å²) >= 11 is 0. The van der Waals surface area contributed by atoms with Crippen LogP contribution < -0.4 is 10.6 Å². The number of anilines is 1. The van der Waals surface area contributed by atoms with Crippen LogP contribution in [0.3, 0.4) is 0 Å². The number of alkyl halides is 4. The molecule has 2 aromatic carbocycles. The monoisotopic (exact) mass is 507 g/mol. The summed E-state index contributed by atoms with van der Waals surface area (Å²) in [4.78, 5) is 21.6. The molecule has 8 nitrogen and oxygen atoms in total. The third-order valence-corrected chi connectivity index (χ3v) is 5.54. The zero-order chi connectivity index (χ0) is 26.3. The number of aromatic nitrogens is 3. The number of hydrogen-bond acceptors (Lipinski definition) is 5. The average molecular weight is 507 g/mol. The molecule has 12 heteroatoms. The SMILES string of the molecule is Cc1ccc(-c2cn(CC3(F)CCNCC3)nn2)cc1C(=O)Nc1ccccc1.O=C(O)C(F)(F)F. The molecule has 0 bridgehead atoms. The molecule has 0 unspecified atom stereocenters. The molecule has 0 atom stereocenters. The van der Waals surface area contributed by atoms with Crippen molar-refractivity contribution in [3.8, 4) is 11.3 Å². The molecule has 0 aliphatic carbocycles. The van der Waals surface area contributed by atoms with E-state index in [4.69, 9.17) is 9.90 Å². The number of amides is 1. The predicted molar refractivity (Wildman–Crippen MR) is 124 cm³/mol. The van der Waals surface area contributed by atoms with Crippen molar-refractivity contribution in [2.45, 2.75) is 38.2 Å². The summed E-state index contributed by atoms with van der Waals surface area (Å²) in [7, 11) is 0. The number of carboxylic acid groups (broad SMARTS) is 1. The smallest absolute Gasteiger partial charge is 0.475 e. The number of carboxylic acids is 1. The third kappa shape index (κ3) is 7.35. The number of carbonyl (C=O) groups excluding carboxylic acids is 1. The molecule has 2 heterocycles. The fourth-order valence-electron chi connectivity index (χ4n) is 3.58.